The molecular weight excluding hydrogens is 250 g/mol. The highest BCUT2D eigenvalue weighted by Crippen LogP contribution is 2.25. The SMILES string of the molecule is CCC(Cc1nc(-c2ccc(C)o2)cs1)C(=O)O. The highest BCUT2D eigenvalue weighted by molar-refractivity contribution is 7.09. The van der Waals surface area contributed by atoms with Gasteiger partial charge in [0.1, 0.15) is 11.5 Å². The number of rotatable bonds is 5. The maximum Gasteiger partial charge on any atom is 0.306 e. The van der Waals surface area contributed by atoms with Crippen LogP contribution in [0.25, 0.3) is 11.5 Å². The van der Waals surface area contributed by atoms with E-state index in [-0.39, 0.29) is 5.92 Å². The Bertz CT molecular complexity index is 544. The van der Waals surface area contributed by atoms with Crippen molar-refractivity contribution in [2.45, 2.75) is 26.7 Å². The molecule has 1 unspecified atom stereocenters. The molecule has 0 fully saturated rings. The zero-order valence-corrected chi connectivity index (χ0v) is 11.2. The summed E-state index contributed by atoms with van der Waals surface area (Å²) in [7, 11) is 0. The summed E-state index contributed by atoms with van der Waals surface area (Å²) < 4.78 is 5.49. The summed E-state index contributed by atoms with van der Waals surface area (Å²) in [5.74, 6) is 0.459. The second-order valence-corrected chi connectivity index (χ2v) is 5.13. The lowest BCUT2D eigenvalue weighted by molar-refractivity contribution is -0.141. The summed E-state index contributed by atoms with van der Waals surface area (Å²) in [6.45, 7) is 3.76. The summed E-state index contributed by atoms with van der Waals surface area (Å²) in [6.07, 6.45) is 1.10. The molecule has 1 atom stereocenters. The van der Waals surface area contributed by atoms with Gasteiger partial charge in [0.25, 0.3) is 0 Å². The minimum absolute atomic E-state index is 0.359. The average molecular weight is 265 g/mol. The normalized spacial score (nSPS) is 12.6. The van der Waals surface area contributed by atoms with Gasteiger partial charge in [0, 0.05) is 11.8 Å². The Morgan fingerprint density at radius 3 is 2.89 bits per heavy atom. The van der Waals surface area contributed by atoms with Crippen LogP contribution in [0.3, 0.4) is 0 Å². The van der Waals surface area contributed by atoms with Crippen LogP contribution in [0.2, 0.25) is 0 Å². The topological polar surface area (TPSA) is 63.3 Å². The van der Waals surface area contributed by atoms with Gasteiger partial charge in [0.05, 0.1) is 10.9 Å². The molecule has 96 valence electrons. The molecule has 0 saturated heterocycles. The standard InChI is InChI=1S/C13H15NO3S/c1-3-9(13(15)16)6-12-14-10(7-18-12)11-5-4-8(2)17-11/h4-5,7,9H,3,6H2,1-2H3,(H,15,16). The molecule has 0 bridgehead atoms. The van der Waals surface area contributed by atoms with Gasteiger partial charge >= 0.3 is 5.97 Å². The first-order chi connectivity index (χ1) is 8.60. The number of hydrogen-bond donors (Lipinski definition) is 1. The van der Waals surface area contributed by atoms with E-state index in [1.54, 1.807) is 0 Å². The molecular formula is C13H15NO3S. The highest BCUT2D eigenvalue weighted by atomic mass is 32.1. The van der Waals surface area contributed by atoms with E-state index in [0.717, 1.165) is 22.2 Å². The molecule has 2 aromatic rings. The van der Waals surface area contributed by atoms with Crippen molar-refractivity contribution in [2.24, 2.45) is 5.92 Å². The van der Waals surface area contributed by atoms with E-state index in [0.29, 0.717) is 12.8 Å². The first kappa shape index (κ1) is 12.8. The van der Waals surface area contributed by atoms with Gasteiger partial charge in [-0.1, -0.05) is 6.92 Å². The molecule has 0 aliphatic rings. The molecule has 2 aromatic heterocycles. The number of carbonyl (C=O) groups is 1. The number of aromatic nitrogens is 1. The summed E-state index contributed by atoms with van der Waals surface area (Å²) in [4.78, 5) is 15.4. The summed E-state index contributed by atoms with van der Waals surface area (Å²) >= 11 is 1.48. The first-order valence-electron chi connectivity index (χ1n) is 5.84. The van der Waals surface area contributed by atoms with Gasteiger partial charge in [0.2, 0.25) is 0 Å². The van der Waals surface area contributed by atoms with Gasteiger partial charge in [0.15, 0.2) is 5.76 Å². The monoisotopic (exact) mass is 265 g/mol. The van der Waals surface area contributed by atoms with Crippen LogP contribution >= 0.6 is 11.3 Å². The van der Waals surface area contributed by atoms with Crippen molar-refractivity contribution in [1.82, 2.24) is 4.98 Å². The largest absolute Gasteiger partial charge is 0.481 e. The van der Waals surface area contributed by atoms with Crippen LogP contribution in [0.1, 0.15) is 24.1 Å². The van der Waals surface area contributed by atoms with Crippen molar-refractivity contribution in [3.8, 4) is 11.5 Å². The number of aliphatic carboxylic acids is 1. The second kappa shape index (κ2) is 5.35. The zero-order valence-electron chi connectivity index (χ0n) is 10.3. The zero-order chi connectivity index (χ0) is 13.1. The molecule has 18 heavy (non-hydrogen) atoms. The number of aryl methyl sites for hydroxylation is 1. The van der Waals surface area contributed by atoms with E-state index < -0.39 is 5.97 Å². The Morgan fingerprint density at radius 1 is 1.56 bits per heavy atom. The molecule has 0 aromatic carbocycles. The van der Waals surface area contributed by atoms with Gasteiger partial charge in [-0.2, -0.15) is 0 Å². The third-order valence-corrected chi connectivity index (χ3v) is 3.68. The van der Waals surface area contributed by atoms with Crippen molar-refractivity contribution >= 4 is 17.3 Å². The number of carboxylic acid groups (broad SMARTS) is 1. The fourth-order valence-electron chi connectivity index (χ4n) is 1.71. The fraction of sp³-hybridized carbons (Fsp3) is 0.385. The predicted octanol–water partition coefficient (Wildman–Crippen LogP) is 3.36. The van der Waals surface area contributed by atoms with Gasteiger partial charge in [-0.3, -0.25) is 4.79 Å². The van der Waals surface area contributed by atoms with Gasteiger partial charge < -0.3 is 9.52 Å². The molecule has 4 nitrogen and oxygen atoms in total. The van der Waals surface area contributed by atoms with Crippen LogP contribution in [0.4, 0.5) is 0 Å². The Labute approximate surface area is 109 Å². The van der Waals surface area contributed by atoms with Crippen molar-refractivity contribution in [3.05, 3.63) is 28.3 Å². The molecule has 0 spiro atoms. The smallest absolute Gasteiger partial charge is 0.306 e. The summed E-state index contributed by atoms with van der Waals surface area (Å²) in [5, 5.41) is 11.8. The first-order valence-corrected chi connectivity index (χ1v) is 6.72. The molecule has 5 heteroatoms. The number of carboxylic acids is 1. The molecule has 0 aliphatic heterocycles. The molecule has 2 rings (SSSR count). The third-order valence-electron chi connectivity index (χ3n) is 2.81. The van der Waals surface area contributed by atoms with Crippen LogP contribution < -0.4 is 0 Å². The third kappa shape index (κ3) is 2.79. The lowest BCUT2D eigenvalue weighted by atomic mass is 10.0. The van der Waals surface area contributed by atoms with Crippen LogP contribution in [0, 0.1) is 12.8 Å². The van der Waals surface area contributed by atoms with Crippen molar-refractivity contribution in [1.29, 1.82) is 0 Å². The maximum atomic E-state index is 11.0. The molecule has 2 heterocycles. The van der Waals surface area contributed by atoms with Gasteiger partial charge in [-0.15, -0.1) is 11.3 Å². The quantitative estimate of drug-likeness (QED) is 0.900. The average Bonchev–Trinajstić information content (AvgIpc) is 2.94. The molecule has 0 amide bonds. The minimum atomic E-state index is -0.761. The minimum Gasteiger partial charge on any atom is -0.481 e. The molecule has 0 radical (unpaired) electrons. The van der Waals surface area contributed by atoms with Gasteiger partial charge in [-0.25, -0.2) is 4.98 Å². The Balaban J connectivity index is 2.13. The van der Waals surface area contributed by atoms with Crippen LogP contribution in [0.15, 0.2) is 21.9 Å². The van der Waals surface area contributed by atoms with Crippen LogP contribution in [-0.4, -0.2) is 16.1 Å². The highest BCUT2D eigenvalue weighted by Gasteiger charge is 2.18. The Kier molecular flexibility index (Phi) is 3.81. The lowest BCUT2D eigenvalue weighted by Gasteiger charge is -2.05. The summed E-state index contributed by atoms with van der Waals surface area (Å²) in [5.41, 5.74) is 0.781. The Hall–Kier alpha value is -1.62. The number of nitrogens with zero attached hydrogens (tertiary/aromatic N) is 1. The number of hydrogen-bond acceptors (Lipinski definition) is 4. The number of thiazole rings is 1. The van der Waals surface area contributed by atoms with E-state index in [2.05, 4.69) is 4.98 Å². The van der Waals surface area contributed by atoms with E-state index in [4.69, 9.17) is 9.52 Å². The van der Waals surface area contributed by atoms with Crippen molar-refractivity contribution < 1.29 is 14.3 Å². The van der Waals surface area contributed by atoms with E-state index >= 15 is 0 Å². The van der Waals surface area contributed by atoms with E-state index in [9.17, 15) is 4.79 Å². The number of furan rings is 1. The van der Waals surface area contributed by atoms with Crippen LogP contribution in [0.5, 0.6) is 0 Å². The van der Waals surface area contributed by atoms with Crippen LogP contribution in [-0.2, 0) is 11.2 Å². The Morgan fingerprint density at radius 2 is 2.33 bits per heavy atom. The van der Waals surface area contributed by atoms with Crippen molar-refractivity contribution in [3.63, 3.8) is 0 Å². The fourth-order valence-corrected chi connectivity index (χ4v) is 2.57. The summed E-state index contributed by atoms with van der Waals surface area (Å²) in [6, 6.07) is 3.77. The second-order valence-electron chi connectivity index (χ2n) is 4.18. The molecule has 0 saturated carbocycles. The maximum absolute atomic E-state index is 11.0. The van der Waals surface area contributed by atoms with Crippen molar-refractivity contribution in [2.75, 3.05) is 0 Å². The molecule has 1 N–H and O–H groups in total. The lowest BCUT2D eigenvalue weighted by Crippen LogP contribution is -2.15. The predicted molar refractivity (Wildman–Crippen MR) is 69.7 cm³/mol. The van der Waals surface area contributed by atoms with E-state index in [1.807, 2.05) is 31.4 Å². The molecule has 0 aliphatic carbocycles. The van der Waals surface area contributed by atoms with Gasteiger partial charge in [-0.05, 0) is 25.5 Å². The van der Waals surface area contributed by atoms with E-state index in [1.165, 1.54) is 11.3 Å².